The molecule has 144 valence electrons. The van der Waals surface area contributed by atoms with Crippen molar-refractivity contribution in [3.05, 3.63) is 90.0 Å². The summed E-state index contributed by atoms with van der Waals surface area (Å²) in [7, 11) is -3.90. The van der Waals surface area contributed by atoms with Gasteiger partial charge in [-0.05, 0) is 49.7 Å². The van der Waals surface area contributed by atoms with Crippen LogP contribution in [-0.4, -0.2) is 20.9 Å². The summed E-state index contributed by atoms with van der Waals surface area (Å²) < 4.78 is 27.8. The largest absolute Gasteiger partial charge is 0.325 e. The van der Waals surface area contributed by atoms with Gasteiger partial charge < -0.3 is 5.32 Å². The van der Waals surface area contributed by atoms with E-state index in [2.05, 4.69) is 5.32 Å². The van der Waals surface area contributed by atoms with Crippen LogP contribution in [0.5, 0.6) is 0 Å². The number of carbonyl (C=O) groups excluding carboxylic acids is 1. The Morgan fingerprint density at radius 3 is 2.11 bits per heavy atom. The van der Waals surface area contributed by atoms with Crippen LogP contribution in [0.15, 0.2) is 83.8 Å². The average Bonchev–Trinajstić information content (AvgIpc) is 2.68. The molecule has 0 heterocycles. The molecule has 3 aromatic rings. The molecule has 0 saturated heterocycles. The van der Waals surface area contributed by atoms with E-state index in [4.69, 9.17) is 0 Å². The Labute approximate surface area is 165 Å². The molecule has 0 aromatic heterocycles. The predicted octanol–water partition coefficient (Wildman–Crippen LogP) is 4.14. The van der Waals surface area contributed by atoms with Crippen molar-refractivity contribution in [2.45, 2.75) is 18.7 Å². The summed E-state index contributed by atoms with van der Waals surface area (Å²) in [6.07, 6.45) is 0. The normalized spacial score (nSPS) is 11.1. The minimum absolute atomic E-state index is 0.141. The number of nitrogens with one attached hydrogen (secondary N) is 1. The average molecular weight is 394 g/mol. The zero-order valence-corrected chi connectivity index (χ0v) is 16.6. The lowest BCUT2D eigenvalue weighted by atomic mass is 10.1. The fraction of sp³-hybridized carbons (Fsp3) is 0.136. The minimum atomic E-state index is -3.90. The van der Waals surface area contributed by atoms with Gasteiger partial charge in [0.25, 0.3) is 10.0 Å². The van der Waals surface area contributed by atoms with Crippen molar-refractivity contribution in [3.63, 3.8) is 0 Å². The Kier molecular flexibility index (Phi) is 5.80. The van der Waals surface area contributed by atoms with Crippen molar-refractivity contribution in [1.29, 1.82) is 0 Å². The molecule has 0 saturated carbocycles. The first-order valence-corrected chi connectivity index (χ1v) is 10.3. The van der Waals surface area contributed by atoms with Crippen LogP contribution in [0, 0.1) is 13.8 Å². The van der Waals surface area contributed by atoms with Crippen LogP contribution in [0.3, 0.4) is 0 Å². The summed E-state index contributed by atoms with van der Waals surface area (Å²) in [5.41, 5.74) is 2.90. The van der Waals surface area contributed by atoms with Crippen LogP contribution in [0.2, 0.25) is 0 Å². The van der Waals surface area contributed by atoms with E-state index in [1.54, 1.807) is 48.5 Å². The summed E-state index contributed by atoms with van der Waals surface area (Å²) in [6, 6.07) is 22.6. The molecule has 0 fully saturated rings. The highest BCUT2D eigenvalue weighted by atomic mass is 32.2. The molecule has 0 spiro atoms. The molecule has 6 heteroatoms. The van der Waals surface area contributed by atoms with Gasteiger partial charge in [0, 0.05) is 5.69 Å². The number of hydrogen-bond acceptors (Lipinski definition) is 3. The van der Waals surface area contributed by atoms with Crippen LogP contribution in [0.4, 0.5) is 11.4 Å². The quantitative estimate of drug-likeness (QED) is 0.683. The Balaban J connectivity index is 1.98. The SMILES string of the molecule is Cc1ccc(N(CC(=O)Nc2ccccc2)S(=O)(=O)c2ccccc2)c(C)c1. The van der Waals surface area contributed by atoms with Gasteiger partial charge in [-0.15, -0.1) is 0 Å². The van der Waals surface area contributed by atoms with E-state index in [0.29, 0.717) is 11.4 Å². The van der Waals surface area contributed by atoms with E-state index in [-0.39, 0.29) is 11.4 Å². The lowest BCUT2D eigenvalue weighted by Gasteiger charge is -2.26. The summed E-state index contributed by atoms with van der Waals surface area (Å²) in [5.74, 6) is -0.411. The van der Waals surface area contributed by atoms with Gasteiger partial charge in [0.1, 0.15) is 6.54 Å². The van der Waals surface area contributed by atoms with Crippen LogP contribution >= 0.6 is 0 Å². The summed E-state index contributed by atoms with van der Waals surface area (Å²) in [4.78, 5) is 12.8. The first-order chi connectivity index (χ1) is 13.4. The van der Waals surface area contributed by atoms with E-state index in [0.717, 1.165) is 15.4 Å². The molecule has 0 aliphatic carbocycles. The molecule has 5 nitrogen and oxygen atoms in total. The van der Waals surface area contributed by atoms with Gasteiger partial charge in [0.2, 0.25) is 5.91 Å². The third kappa shape index (κ3) is 4.40. The number of hydrogen-bond donors (Lipinski definition) is 1. The fourth-order valence-electron chi connectivity index (χ4n) is 2.96. The molecule has 0 unspecified atom stereocenters. The van der Waals surface area contributed by atoms with Crippen LogP contribution < -0.4 is 9.62 Å². The van der Waals surface area contributed by atoms with Gasteiger partial charge in [-0.2, -0.15) is 0 Å². The number of aryl methyl sites for hydroxylation is 2. The van der Waals surface area contributed by atoms with Gasteiger partial charge in [-0.1, -0.05) is 54.1 Å². The second-order valence-corrected chi connectivity index (χ2v) is 8.39. The van der Waals surface area contributed by atoms with Crippen molar-refractivity contribution >= 4 is 27.3 Å². The predicted molar refractivity (Wildman–Crippen MR) is 112 cm³/mol. The maximum atomic E-state index is 13.3. The molecule has 0 aliphatic heterocycles. The molecule has 28 heavy (non-hydrogen) atoms. The van der Waals surface area contributed by atoms with Crippen molar-refractivity contribution in [2.75, 3.05) is 16.2 Å². The third-order valence-electron chi connectivity index (χ3n) is 4.30. The number of anilines is 2. The van der Waals surface area contributed by atoms with E-state index in [1.807, 2.05) is 32.0 Å². The maximum absolute atomic E-state index is 13.3. The Morgan fingerprint density at radius 2 is 1.50 bits per heavy atom. The van der Waals surface area contributed by atoms with Crippen molar-refractivity contribution < 1.29 is 13.2 Å². The number of amides is 1. The molecule has 1 N–H and O–H groups in total. The first kappa shape index (κ1) is 19.6. The van der Waals surface area contributed by atoms with E-state index in [1.165, 1.54) is 12.1 Å². The number of benzene rings is 3. The zero-order valence-electron chi connectivity index (χ0n) is 15.8. The van der Waals surface area contributed by atoms with Crippen molar-refractivity contribution in [2.24, 2.45) is 0 Å². The molecule has 3 aromatic carbocycles. The van der Waals surface area contributed by atoms with Gasteiger partial charge in [-0.25, -0.2) is 8.42 Å². The van der Waals surface area contributed by atoms with E-state index < -0.39 is 15.9 Å². The second-order valence-electron chi connectivity index (χ2n) is 6.53. The maximum Gasteiger partial charge on any atom is 0.264 e. The van der Waals surface area contributed by atoms with Crippen LogP contribution in [0.1, 0.15) is 11.1 Å². The molecular formula is C22H22N2O3S. The number of nitrogens with zero attached hydrogens (tertiary/aromatic N) is 1. The van der Waals surface area contributed by atoms with E-state index in [9.17, 15) is 13.2 Å². The first-order valence-electron chi connectivity index (χ1n) is 8.88. The Morgan fingerprint density at radius 1 is 0.893 bits per heavy atom. The molecule has 0 bridgehead atoms. The lowest BCUT2D eigenvalue weighted by molar-refractivity contribution is -0.114. The standard InChI is InChI=1S/C22H22N2O3S/c1-17-13-14-21(18(2)15-17)24(28(26,27)20-11-7-4-8-12-20)16-22(25)23-19-9-5-3-6-10-19/h3-15H,16H2,1-2H3,(H,23,25). The van der Waals surface area contributed by atoms with Crippen LogP contribution in [-0.2, 0) is 14.8 Å². The molecule has 1 amide bonds. The van der Waals surface area contributed by atoms with E-state index >= 15 is 0 Å². The van der Waals surface area contributed by atoms with Gasteiger partial charge in [-0.3, -0.25) is 9.10 Å². The highest BCUT2D eigenvalue weighted by Crippen LogP contribution is 2.27. The molecular weight excluding hydrogens is 372 g/mol. The minimum Gasteiger partial charge on any atom is -0.325 e. The zero-order chi connectivity index (χ0) is 20.1. The third-order valence-corrected chi connectivity index (χ3v) is 6.07. The van der Waals surface area contributed by atoms with Gasteiger partial charge in [0.05, 0.1) is 10.6 Å². The fourth-order valence-corrected chi connectivity index (χ4v) is 4.46. The topological polar surface area (TPSA) is 66.5 Å². The van der Waals surface area contributed by atoms with Gasteiger partial charge >= 0.3 is 0 Å². The summed E-state index contributed by atoms with van der Waals surface area (Å²) in [5, 5.41) is 2.75. The highest BCUT2D eigenvalue weighted by molar-refractivity contribution is 7.92. The monoisotopic (exact) mass is 394 g/mol. The highest BCUT2D eigenvalue weighted by Gasteiger charge is 2.28. The Bertz CT molecular complexity index is 1070. The lowest BCUT2D eigenvalue weighted by Crippen LogP contribution is -2.38. The smallest absolute Gasteiger partial charge is 0.264 e. The molecule has 0 aliphatic rings. The molecule has 3 rings (SSSR count). The summed E-state index contributed by atoms with van der Waals surface area (Å²) in [6.45, 7) is 3.45. The van der Waals surface area contributed by atoms with Crippen LogP contribution in [0.25, 0.3) is 0 Å². The number of para-hydroxylation sites is 1. The Hall–Kier alpha value is -3.12. The van der Waals surface area contributed by atoms with Crippen molar-refractivity contribution in [1.82, 2.24) is 0 Å². The number of carbonyl (C=O) groups is 1. The van der Waals surface area contributed by atoms with Gasteiger partial charge in [0.15, 0.2) is 0 Å². The molecule has 0 atom stereocenters. The summed E-state index contributed by atoms with van der Waals surface area (Å²) >= 11 is 0. The second kappa shape index (κ2) is 8.27. The number of rotatable bonds is 6. The number of sulfonamides is 1. The molecule has 0 radical (unpaired) electrons. The van der Waals surface area contributed by atoms with Crippen molar-refractivity contribution in [3.8, 4) is 0 Å².